The fraction of sp³-hybridized carbons (Fsp3) is 0.294. The minimum atomic E-state index is -0.269. The monoisotopic (exact) mass is 316 g/mol. The third-order valence-corrected chi connectivity index (χ3v) is 3.17. The van der Waals surface area contributed by atoms with Crippen LogP contribution in [0.5, 0.6) is 5.75 Å². The Hall–Kier alpha value is -2.76. The molecule has 0 aliphatic heterocycles. The van der Waals surface area contributed by atoms with Crippen molar-refractivity contribution in [2.24, 2.45) is 0 Å². The van der Waals surface area contributed by atoms with Gasteiger partial charge in [0.1, 0.15) is 11.5 Å². The van der Waals surface area contributed by atoms with Crippen LogP contribution in [-0.4, -0.2) is 25.0 Å². The van der Waals surface area contributed by atoms with Crippen LogP contribution in [0.15, 0.2) is 47.1 Å². The van der Waals surface area contributed by atoms with Crippen molar-refractivity contribution in [3.05, 3.63) is 54.0 Å². The van der Waals surface area contributed by atoms with E-state index < -0.39 is 0 Å². The number of hydrogen-bond acceptors (Lipinski definition) is 4. The first-order valence-corrected chi connectivity index (χ1v) is 7.39. The van der Waals surface area contributed by atoms with Crippen molar-refractivity contribution in [3.8, 4) is 5.75 Å². The van der Waals surface area contributed by atoms with Gasteiger partial charge in [-0.05, 0) is 30.7 Å². The molecular weight excluding hydrogens is 296 g/mol. The summed E-state index contributed by atoms with van der Waals surface area (Å²) in [4.78, 5) is 23.2. The van der Waals surface area contributed by atoms with Crippen molar-refractivity contribution in [1.29, 1.82) is 0 Å². The maximum absolute atomic E-state index is 11.7. The summed E-state index contributed by atoms with van der Waals surface area (Å²) < 4.78 is 10.6. The smallest absolute Gasteiger partial charge is 0.239 e. The summed E-state index contributed by atoms with van der Waals surface area (Å²) in [5.74, 6) is 0.925. The second-order valence-corrected chi connectivity index (χ2v) is 5.00. The molecule has 0 bridgehead atoms. The number of aryl methyl sites for hydroxylation is 1. The molecule has 0 radical (unpaired) electrons. The standard InChI is InChI=1S/C17H20N2O4/c1-13-5-2-3-7-15(13)23-10-8-16(20)19-12-17(21)18-11-14-6-4-9-22-14/h2-7,9H,8,10-12H2,1H3,(H,18,21)(H,19,20). The largest absolute Gasteiger partial charge is 0.493 e. The lowest BCUT2D eigenvalue weighted by atomic mass is 10.2. The third kappa shape index (κ3) is 5.86. The van der Waals surface area contributed by atoms with Crippen LogP contribution in [0.3, 0.4) is 0 Å². The van der Waals surface area contributed by atoms with Crippen molar-refractivity contribution in [2.45, 2.75) is 19.9 Å². The molecule has 0 unspecified atom stereocenters. The van der Waals surface area contributed by atoms with Gasteiger partial charge >= 0.3 is 0 Å². The molecule has 2 rings (SSSR count). The van der Waals surface area contributed by atoms with E-state index in [9.17, 15) is 9.59 Å². The molecule has 0 aliphatic carbocycles. The quantitative estimate of drug-likeness (QED) is 0.778. The van der Waals surface area contributed by atoms with Gasteiger partial charge in [-0.25, -0.2) is 0 Å². The Morgan fingerprint density at radius 3 is 2.65 bits per heavy atom. The van der Waals surface area contributed by atoms with Crippen LogP contribution in [0.2, 0.25) is 0 Å². The number of ether oxygens (including phenoxy) is 1. The van der Waals surface area contributed by atoms with Gasteiger partial charge in [0.15, 0.2) is 0 Å². The number of nitrogens with one attached hydrogen (secondary N) is 2. The molecule has 122 valence electrons. The summed E-state index contributed by atoms with van der Waals surface area (Å²) >= 11 is 0. The molecule has 6 heteroatoms. The number of carbonyl (C=O) groups is 2. The Labute approximate surface area is 134 Å². The lowest BCUT2D eigenvalue weighted by Crippen LogP contribution is -2.37. The van der Waals surface area contributed by atoms with Gasteiger partial charge in [0.05, 0.1) is 32.4 Å². The van der Waals surface area contributed by atoms with Crippen LogP contribution >= 0.6 is 0 Å². The predicted molar refractivity (Wildman–Crippen MR) is 84.9 cm³/mol. The van der Waals surface area contributed by atoms with Gasteiger partial charge in [-0.3, -0.25) is 9.59 Å². The van der Waals surface area contributed by atoms with E-state index in [2.05, 4.69) is 10.6 Å². The fourth-order valence-electron chi connectivity index (χ4n) is 1.90. The SMILES string of the molecule is Cc1ccccc1OCCC(=O)NCC(=O)NCc1ccco1. The van der Waals surface area contributed by atoms with Crippen LogP contribution in [0.25, 0.3) is 0 Å². The number of rotatable bonds is 8. The summed E-state index contributed by atoms with van der Waals surface area (Å²) in [7, 11) is 0. The van der Waals surface area contributed by atoms with Crippen molar-refractivity contribution in [2.75, 3.05) is 13.2 Å². The van der Waals surface area contributed by atoms with Gasteiger partial charge in [-0.2, -0.15) is 0 Å². The molecule has 6 nitrogen and oxygen atoms in total. The van der Waals surface area contributed by atoms with E-state index in [0.29, 0.717) is 12.3 Å². The van der Waals surface area contributed by atoms with Crippen molar-refractivity contribution < 1.29 is 18.7 Å². The lowest BCUT2D eigenvalue weighted by Gasteiger charge is -2.09. The minimum Gasteiger partial charge on any atom is -0.493 e. The molecule has 0 atom stereocenters. The zero-order valence-corrected chi connectivity index (χ0v) is 13.0. The highest BCUT2D eigenvalue weighted by molar-refractivity contribution is 5.84. The first-order chi connectivity index (χ1) is 11.1. The van der Waals surface area contributed by atoms with Gasteiger partial charge < -0.3 is 19.8 Å². The first kappa shape index (κ1) is 16.6. The highest BCUT2D eigenvalue weighted by atomic mass is 16.5. The summed E-state index contributed by atoms with van der Waals surface area (Å²) in [5, 5.41) is 5.20. The van der Waals surface area contributed by atoms with E-state index in [1.54, 1.807) is 12.1 Å². The number of carbonyl (C=O) groups excluding carboxylic acids is 2. The highest BCUT2D eigenvalue weighted by Gasteiger charge is 2.07. The maximum atomic E-state index is 11.7. The number of amides is 2. The minimum absolute atomic E-state index is 0.0656. The molecule has 0 saturated heterocycles. The molecular formula is C17H20N2O4. The van der Waals surface area contributed by atoms with Crippen LogP contribution in [-0.2, 0) is 16.1 Å². The number of para-hydroxylation sites is 1. The van der Waals surface area contributed by atoms with Gasteiger partial charge in [0, 0.05) is 0 Å². The summed E-state index contributed by atoms with van der Waals surface area (Å²) in [5.41, 5.74) is 1.02. The van der Waals surface area contributed by atoms with Crippen LogP contribution in [0.1, 0.15) is 17.7 Å². The Morgan fingerprint density at radius 2 is 1.91 bits per heavy atom. The topological polar surface area (TPSA) is 80.6 Å². The zero-order valence-electron chi connectivity index (χ0n) is 13.0. The lowest BCUT2D eigenvalue weighted by molar-refractivity contribution is -0.126. The normalized spacial score (nSPS) is 10.1. The van der Waals surface area contributed by atoms with Gasteiger partial charge in [0.2, 0.25) is 11.8 Å². The van der Waals surface area contributed by atoms with Gasteiger partial charge in [-0.1, -0.05) is 18.2 Å². The molecule has 23 heavy (non-hydrogen) atoms. The van der Waals surface area contributed by atoms with E-state index in [0.717, 1.165) is 11.3 Å². The van der Waals surface area contributed by atoms with E-state index in [1.165, 1.54) is 6.26 Å². The van der Waals surface area contributed by atoms with Crippen LogP contribution < -0.4 is 15.4 Å². The Balaban J connectivity index is 1.59. The predicted octanol–water partition coefficient (Wildman–Crippen LogP) is 1.79. The second-order valence-electron chi connectivity index (χ2n) is 5.00. The van der Waals surface area contributed by atoms with E-state index in [1.807, 2.05) is 31.2 Å². The molecule has 0 spiro atoms. The molecule has 0 fully saturated rings. The zero-order chi connectivity index (χ0) is 16.5. The molecule has 0 saturated carbocycles. The van der Waals surface area contributed by atoms with E-state index >= 15 is 0 Å². The number of hydrogen-bond donors (Lipinski definition) is 2. The third-order valence-electron chi connectivity index (χ3n) is 3.17. The van der Waals surface area contributed by atoms with E-state index in [-0.39, 0.29) is 31.4 Å². The van der Waals surface area contributed by atoms with Crippen LogP contribution in [0, 0.1) is 6.92 Å². The first-order valence-electron chi connectivity index (χ1n) is 7.39. The Kier molecular flexibility index (Phi) is 6.23. The second kappa shape index (κ2) is 8.63. The van der Waals surface area contributed by atoms with E-state index in [4.69, 9.17) is 9.15 Å². The average Bonchev–Trinajstić information content (AvgIpc) is 3.06. The highest BCUT2D eigenvalue weighted by Crippen LogP contribution is 2.15. The average molecular weight is 316 g/mol. The molecule has 1 heterocycles. The fourth-order valence-corrected chi connectivity index (χ4v) is 1.90. The summed E-state index contributed by atoms with van der Waals surface area (Å²) in [6.45, 7) is 2.45. The summed E-state index contributed by atoms with van der Waals surface area (Å²) in [6.07, 6.45) is 1.73. The number of furan rings is 1. The molecule has 2 aromatic rings. The Morgan fingerprint density at radius 1 is 1.09 bits per heavy atom. The van der Waals surface area contributed by atoms with Gasteiger partial charge in [0.25, 0.3) is 0 Å². The molecule has 0 aliphatic rings. The molecule has 1 aromatic carbocycles. The summed E-state index contributed by atoms with van der Waals surface area (Å²) in [6, 6.07) is 11.1. The Bertz CT molecular complexity index is 638. The molecule has 1 aromatic heterocycles. The van der Waals surface area contributed by atoms with Crippen molar-refractivity contribution >= 4 is 11.8 Å². The van der Waals surface area contributed by atoms with Crippen molar-refractivity contribution in [3.63, 3.8) is 0 Å². The molecule has 2 amide bonds. The van der Waals surface area contributed by atoms with Crippen molar-refractivity contribution in [1.82, 2.24) is 10.6 Å². The van der Waals surface area contributed by atoms with Gasteiger partial charge in [-0.15, -0.1) is 0 Å². The maximum Gasteiger partial charge on any atom is 0.239 e. The molecule has 2 N–H and O–H groups in total. The number of benzene rings is 1. The van der Waals surface area contributed by atoms with Crippen LogP contribution in [0.4, 0.5) is 0 Å².